The number of hydrogen-bond donors (Lipinski definition) is 0. The lowest BCUT2D eigenvalue weighted by Gasteiger charge is -2.23. The van der Waals surface area contributed by atoms with Crippen LogP contribution in [0.1, 0.15) is 66.2 Å². The number of ether oxygens (including phenoxy) is 1. The van der Waals surface area contributed by atoms with E-state index < -0.39 is 0 Å². The Labute approximate surface area is 118 Å². The number of unbranched alkanes of at least 4 members (excludes halogenated alkanes) is 1. The molecule has 0 amide bonds. The van der Waals surface area contributed by atoms with Gasteiger partial charge in [-0.3, -0.25) is 4.79 Å². The minimum atomic E-state index is -0.217. The lowest BCUT2D eigenvalue weighted by Crippen LogP contribution is -2.10. The summed E-state index contributed by atoms with van der Waals surface area (Å²) in [5.41, 5.74) is 0.418. The van der Waals surface area contributed by atoms with Gasteiger partial charge < -0.3 is 4.74 Å². The highest BCUT2D eigenvalue weighted by molar-refractivity contribution is 5.65. The van der Waals surface area contributed by atoms with E-state index in [9.17, 15) is 4.79 Å². The largest absolute Gasteiger partial charge is 0.462 e. The SMILES string of the molecule is CCC=CCCC(C)(C)CCC/C=C/COC(C)=O. The van der Waals surface area contributed by atoms with Gasteiger partial charge in [0.2, 0.25) is 0 Å². The summed E-state index contributed by atoms with van der Waals surface area (Å²) in [6.07, 6.45) is 15.6. The molecule has 0 atom stereocenters. The fourth-order valence-electron chi connectivity index (χ4n) is 1.93. The highest BCUT2D eigenvalue weighted by Gasteiger charge is 2.15. The second kappa shape index (κ2) is 10.8. The van der Waals surface area contributed by atoms with Gasteiger partial charge >= 0.3 is 5.97 Å². The molecule has 0 unspecified atom stereocenters. The summed E-state index contributed by atoms with van der Waals surface area (Å²) in [5.74, 6) is -0.217. The van der Waals surface area contributed by atoms with Crippen LogP contribution in [0.2, 0.25) is 0 Å². The number of esters is 1. The lowest BCUT2D eigenvalue weighted by molar-refractivity contribution is -0.139. The normalized spacial score (nSPS) is 12.4. The molecule has 0 spiro atoms. The first kappa shape index (κ1) is 17.9. The topological polar surface area (TPSA) is 26.3 Å². The molecule has 0 rings (SSSR count). The predicted octanol–water partition coefficient (Wildman–Crippen LogP) is 5.05. The lowest BCUT2D eigenvalue weighted by atomic mass is 9.82. The van der Waals surface area contributed by atoms with E-state index in [1.807, 2.05) is 6.08 Å². The third-order valence-electron chi connectivity index (χ3n) is 3.16. The molecular weight excluding hydrogens is 236 g/mol. The van der Waals surface area contributed by atoms with E-state index in [2.05, 4.69) is 39.0 Å². The molecule has 0 aliphatic heterocycles. The molecule has 0 heterocycles. The maximum Gasteiger partial charge on any atom is 0.302 e. The average Bonchev–Trinajstić information content (AvgIpc) is 2.33. The Balaban J connectivity index is 3.62. The van der Waals surface area contributed by atoms with E-state index in [4.69, 9.17) is 4.74 Å². The van der Waals surface area contributed by atoms with Gasteiger partial charge in [-0.15, -0.1) is 0 Å². The molecule has 0 saturated heterocycles. The second-order valence-electron chi connectivity index (χ2n) is 5.75. The van der Waals surface area contributed by atoms with Gasteiger partial charge in [0.15, 0.2) is 0 Å². The first-order valence-electron chi connectivity index (χ1n) is 7.41. The molecule has 0 aromatic carbocycles. The van der Waals surface area contributed by atoms with Crippen molar-refractivity contribution in [3.8, 4) is 0 Å². The Morgan fingerprint density at radius 2 is 1.74 bits per heavy atom. The molecule has 110 valence electrons. The molecule has 19 heavy (non-hydrogen) atoms. The molecule has 0 aliphatic carbocycles. The summed E-state index contributed by atoms with van der Waals surface area (Å²) in [4.78, 5) is 10.5. The van der Waals surface area contributed by atoms with E-state index in [0.717, 1.165) is 12.8 Å². The van der Waals surface area contributed by atoms with Gasteiger partial charge in [0, 0.05) is 6.92 Å². The molecule has 0 bridgehead atoms. The smallest absolute Gasteiger partial charge is 0.302 e. The summed E-state index contributed by atoms with van der Waals surface area (Å²) in [7, 11) is 0. The number of carbonyl (C=O) groups excluding carboxylic acids is 1. The highest BCUT2D eigenvalue weighted by Crippen LogP contribution is 2.29. The standard InChI is InChI=1S/C17H30O2/c1-5-6-7-10-13-17(3,4)14-11-8-9-12-15-19-16(2)18/h6-7,9,12H,5,8,10-11,13-15H2,1-4H3/b7-6?,12-9+. The summed E-state index contributed by atoms with van der Waals surface area (Å²) in [5, 5.41) is 0. The van der Waals surface area contributed by atoms with E-state index in [1.165, 1.54) is 32.6 Å². The van der Waals surface area contributed by atoms with Crippen molar-refractivity contribution >= 4 is 5.97 Å². The minimum absolute atomic E-state index is 0.217. The van der Waals surface area contributed by atoms with Gasteiger partial charge in [-0.2, -0.15) is 0 Å². The third-order valence-corrected chi connectivity index (χ3v) is 3.16. The zero-order chi connectivity index (χ0) is 14.6. The third kappa shape index (κ3) is 13.2. The molecular formula is C17H30O2. The number of carbonyl (C=O) groups is 1. The Bertz CT molecular complexity index is 288. The van der Waals surface area contributed by atoms with Crippen molar-refractivity contribution in [2.24, 2.45) is 5.41 Å². The summed E-state index contributed by atoms with van der Waals surface area (Å²) in [6.45, 7) is 8.69. The monoisotopic (exact) mass is 266 g/mol. The fraction of sp³-hybridized carbons (Fsp3) is 0.706. The molecule has 0 aliphatic rings. The van der Waals surface area contributed by atoms with Crippen molar-refractivity contribution in [3.05, 3.63) is 24.3 Å². The first-order chi connectivity index (χ1) is 8.98. The molecule has 0 aromatic rings. The van der Waals surface area contributed by atoms with Crippen LogP contribution in [0.15, 0.2) is 24.3 Å². The second-order valence-corrected chi connectivity index (χ2v) is 5.75. The van der Waals surface area contributed by atoms with Gasteiger partial charge in [0.25, 0.3) is 0 Å². The van der Waals surface area contributed by atoms with Crippen molar-refractivity contribution in [1.29, 1.82) is 0 Å². The molecule has 0 saturated carbocycles. The number of hydrogen-bond acceptors (Lipinski definition) is 2. The molecule has 0 aromatic heterocycles. The van der Waals surface area contributed by atoms with E-state index in [-0.39, 0.29) is 5.97 Å². The molecule has 2 heteroatoms. The van der Waals surface area contributed by atoms with Crippen molar-refractivity contribution in [2.75, 3.05) is 6.61 Å². The van der Waals surface area contributed by atoms with Gasteiger partial charge in [0.1, 0.15) is 6.61 Å². The molecule has 0 N–H and O–H groups in total. The van der Waals surface area contributed by atoms with Crippen LogP contribution in [0.5, 0.6) is 0 Å². The zero-order valence-electron chi connectivity index (χ0n) is 13.1. The van der Waals surface area contributed by atoms with Crippen LogP contribution in [-0.4, -0.2) is 12.6 Å². The van der Waals surface area contributed by atoms with Crippen LogP contribution in [0.25, 0.3) is 0 Å². The van der Waals surface area contributed by atoms with E-state index >= 15 is 0 Å². The van der Waals surface area contributed by atoms with Crippen molar-refractivity contribution in [2.45, 2.75) is 66.2 Å². The Kier molecular flexibility index (Phi) is 10.2. The number of allylic oxidation sites excluding steroid dienone is 3. The Hall–Kier alpha value is -1.05. The van der Waals surface area contributed by atoms with E-state index in [0.29, 0.717) is 12.0 Å². The van der Waals surface area contributed by atoms with Gasteiger partial charge in [-0.05, 0) is 43.9 Å². The first-order valence-corrected chi connectivity index (χ1v) is 7.41. The number of rotatable bonds is 10. The maximum atomic E-state index is 10.5. The summed E-state index contributed by atoms with van der Waals surface area (Å²) >= 11 is 0. The van der Waals surface area contributed by atoms with Crippen LogP contribution >= 0.6 is 0 Å². The van der Waals surface area contributed by atoms with E-state index in [1.54, 1.807) is 0 Å². The van der Waals surface area contributed by atoms with Crippen LogP contribution in [0.3, 0.4) is 0 Å². The van der Waals surface area contributed by atoms with Crippen molar-refractivity contribution < 1.29 is 9.53 Å². The zero-order valence-corrected chi connectivity index (χ0v) is 13.1. The van der Waals surface area contributed by atoms with Crippen molar-refractivity contribution in [1.82, 2.24) is 0 Å². The van der Waals surface area contributed by atoms with Gasteiger partial charge in [0.05, 0.1) is 0 Å². The van der Waals surface area contributed by atoms with Crippen molar-refractivity contribution in [3.63, 3.8) is 0 Å². The quantitative estimate of drug-likeness (QED) is 0.314. The molecule has 2 nitrogen and oxygen atoms in total. The van der Waals surface area contributed by atoms with Crippen LogP contribution in [0, 0.1) is 5.41 Å². The minimum Gasteiger partial charge on any atom is -0.462 e. The average molecular weight is 266 g/mol. The van der Waals surface area contributed by atoms with Crippen LogP contribution in [0.4, 0.5) is 0 Å². The van der Waals surface area contributed by atoms with Crippen LogP contribution in [-0.2, 0) is 9.53 Å². The summed E-state index contributed by atoms with van der Waals surface area (Å²) in [6, 6.07) is 0. The molecule has 0 fully saturated rings. The Morgan fingerprint density at radius 1 is 1.05 bits per heavy atom. The highest BCUT2D eigenvalue weighted by atomic mass is 16.5. The van der Waals surface area contributed by atoms with Gasteiger partial charge in [-0.25, -0.2) is 0 Å². The Morgan fingerprint density at radius 3 is 2.37 bits per heavy atom. The maximum absolute atomic E-state index is 10.5. The predicted molar refractivity (Wildman–Crippen MR) is 82.1 cm³/mol. The fourth-order valence-corrected chi connectivity index (χ4v) is 1.93. The molecule has 0 radical (unpaired) electrons. The van der Waals surface area contributed by atoms with Crippen LogP contribution < -0.4 is 0 Å². The summed E-state index contributed by atoms with van der Waals surface area (Å²) < 4.78 is 4.83. The van der Waals surface area contributed by atoms with Gasteiger partial charge in [-0.1, -0.05) is 45.1 Å².